The monoisotopic (exact) mass is 215 g/mol. The first kappa shape index (κ1) is 11.4. The molecule has 1 aromatic carbocycles. The van der Waals surface area contributed by atoms with Gasteiger partial charge in [0, 0.05) is 12.0 Å². The summed E-state index contributed by atoms with van der Waals surface area (Å²) in [6.45, 7) is 1.38. The van der Waals surface area contributed by atoms with Crippen LogP contribution in [0.4, 0.5) is 13.6 Å². The second-order valence-electron chi connectivity index (χ2n) is 3.01. The summed E-state index contributed by atoms with van der Waals surface area (Å²) in [7, 11) is 0. The van der Waals surface area contributed by atoms with Crippen LogP contribution in [-0.4, -0.2) is 6.09 Å². The normalized spacial score (nSPS) is 11.1. The lowest BCUT2D eigenvalue weighted by molar-refractivity contribution is -0.00846. The quantitative estimate of drug-likeness (QED) is 0.842. The van der Waals surface area contributed by atoms with Gasteiger partial charge in [0.05, 0.1) is 0 Å². The number of hydrogen-bond acceptors (Lipinski definition) is 2. The molecular formula is C10H11F2NO2. The summed E-state index contributed by atoms with van der Waals surface area (Å²) in [4.78, 5) is 10.4. The first-order valence-corrected chi connectivity index (χ1v) is 4.41. The molecule has 0 aromatic heterocycles. The van der Waals surface area contributed by atoms with E-state index in [-0.39, 0.29) is 17.7 Å². The highest BCUT2D eigenvalue weighted by Gasteiger charge is 2.29. The molecule has 0 heterocycles. The van der Waals surface area contributed by atoms with Gasteiger partial charge in [-0.15, -0.1) is 0 Å². The number of alkyl halides is 2. The van der Waals surface area contributed by atoms with Crippen molar-refractivity contribution in [2.24, 2.45) is 5.73 Å². The minimum absolute atomic E-state index is 0.0214. The molecule has 1 aromatic rings. The molecule has 0 unspecified atom stereocenters. The van der Waals surface area contributed by atoms with Crippen LogP contribution in [0, 0.1) is 0 Å². The Balaban J connectivity index is 2.97. The third-order valence-corrected chi connectivity index (χ3v) is 1.92. The van der Waals surface area contributed by atoms with Gasteiger partial charge < -0.3 is 10.5 Å². The zero-order valence-electron chi connectivity index (χ0n) is 8.17. The number of carbonyl (C=O) groups excluding carboxylic acids is 1. The van der Waals surface area contributed by atoms with E-state index < -0.39 is 12.0 Å². The van der Waals surface area contributed by atoms with E-state index in [9.17, 15) is 13.6 Å². The summed E-state index contributed by atoms with van der Waals surface area (Å²) in [5.41, 5.74) is 4.58. The van der Waals surface area contributed by atoms with Crippen LogP contribution in [-0.2, 0) is 5.92 Å². The molecule has 3 nitrogen and oxygen atoms in total. The standard InChI is InChI=1S/C10H11F2NO2/c1-2-10(11,12)7-4-3-5-8(6-7)15-9(13)14/h3-6H,2H2,1H3,(H2,13,14). The summed E-state index contributed by atoms with van der Waals surface area (Å²) in [6, 6.07) is 5.16. The Morgan fingerprint density at radius 1 is 1.53 bits per heavy atom. The van der Waals surface area contributed by atoms with Crippen LogP contribution in [0.15, 0.2) is 24.3 Å². The second-order valence-corrected chi connectivity index (χ2v) is 3.01. The number of hydrogen-bond donors (Lipinski definition) is 1. The van der Waals surface area contributed by atoms with Crippen molar-refractivity contribution in [3.05, 3.63) is 29.8 Å². The maximum absolute atomic E-state index is 13.2. The Morgan fingerprint density at radius 2 is 2.20 bits per heavy atom. The average Bonchev–Trinajstić information content (AvgIpc) is 2.17. The van der Waals surface area contributed by atoms with E-state index >= 15 is 0 Å². The SMILES string of the molecule is CCC(F)(F)c1cccc(OC(N)=O)c1. The summed E-state index contributed by atoms with van der Waals surface area (Å²) in [6.07, 6.45) is -1.33. The highest BCUT2D eigenvalue weighted by atomic mass is 19.3. The predicted octanol–water partition coefficient (Wildman–Crippen LogP) is 2.65. The first-order valence-electron chi connectivity index (χ1n) is 4.41. The van der Waals surface area contributed by atoms with Gasteiger partial charge in [0.15, 0.2) is 0 Å². The van der Waals surface area contributed by atoms with E-state index in [0.29, 0.717) is 0 Å². The molecule has 0 aliphatic heterocycles. The van der Waals surface area contributed by atoms with E-state index in [1.54, 1.807) is 0 Å². The van der Waals surface area contributed by atoms with Crippen molar-refractivity contribution in [1.82, 2.24) is 0 Å². The van der Waals surface area contributed by atoms with Crippen LogP contribution in [0.2, 0.25) is 0 Å². The van der Waals surface area contributed by atoms with Crippen LogP contribution in [0.25, 0.3) is 0 Å². The number of amides is 1. The lowest BCUT2D eigenvalue weighted by atomic mass is 10.1. The molecule has 0 saturated heterocycles. The van der Waals surface area contributed by atoms with Crippen molar-refractivity contribution in [1.29, 1.82) is 0 Å². The summed E-state index contributed by atoms with van der Waals surface area (Å²) >= 11 is 0. The number of primary amides is 1. The number of carbonyl (C=O) groups is 1. The highest BCUT2D eigenvalue weighted by Crippen LogP contribution is 2.32. The smallest absolute Gasteiger partial charge is 0.409 e. The molecular weight excluding hydrogens is 204 g/mol. The summed E-state index contributed by atoms with van der Waals surface area (Å²) < 4.78 is 31.0. The van der Waals surface area contributed by atoms with E-state index in [4.69, 9.17) is 5.73 Å². The predicted molar refractivity (Wildman–Crippen MR) is 50.8 cm³/mol. The van der Waals surface area contributed by atoms with Crippen molar-refractivity contribution in [2.45, 2.75) is 19.3 Å². The first-order chi connectivity index (χ1) is 6.95. The lowest BCUT2D eigenvalue weighted by Crippen LogP contribution is -2.17. The minimum atomic E-state index is -2.92. The molecule has 1 rings (SSSR count). The van der Waals surface area contributed by atoms with E-state index in [1.807, 2.05) is 0 Å². The average molecular weight is 215 g/mol. The zero-order valence-corrected chi connectivity index (χ0v) is 8.17. The van der Waals surface area contributed by atoms with Gasteiger partial charge in [-0.3, -0.25) is 0 Å². The molecule has 0 spiro atoms. The number of benzene rings is 1. The highest BCUT2D eigenvalue weighted by molar-refractivity contribution is 5.68. The van der Waals surface area contributed by atoms with E-state index in [2.05, 4.69) is 4.74 Å². The van der Waals surface area contributed by atoms with Gasteiger partial charge in [-0.25, -0.2) is 13.6 Å². The second kappa shape index (κ2) is 4.25. The third-order valence-electron chi connectivity index (χ3n) is 1.92. The van der Waals surface area contributed by atoms with Gasteiger partial charge in [0.1, 0.15) is 5.75 Å². The van der Waals surface area contributed by atoms with Crippen LogP contribution >= 0.6 is 0 Å². The maximum atomic E-state index is 13.2. The zero-order chi connectivity index (χ0) is 11.5. The summed E-state index contributed by atoms with van der Waals surface area (Å²) in [5.74, 6) is -2.90. The van der Waals surface area contributed by atoms with Gasteiger partial charge in [-0.2, -0.15) is 0 Å². The third kappa shape index (κ3) is 2.90. The number of ether oxygens (including phenoxy) is 1. The summed E-state index contributed by atoms with van der Waals surface area (Å²) in [5, 5.41) is 0. The molecule has 0 fully saturated rings. The van der Waals surface area contributed by atoms with Gasteiger partial charge in [-0.05, 0) is 12.1 Å². The molecule has 5 heteroatoms. The Morgan fingerprint density at radius 3 is 2.73 bits per heavy atom. The number of halogens is 2. The number of rotatable bonds is 3. The van der Waals surface area contributed by atoms with Gasteiger partial charge >= 0.3 is 6.09 Å². The van der Waals surface area contributed by atoms with Crippen molar-refractivity contribution >= 4 is 6.09 Å². The Kier molecular flexibility index (Phi) is 3.24. The molecule has 0 bridgehead atoms. The molecule has 82 valence electrons. The van der Waals surface area contributed by atoms with Crippen molar-refractivity contribution < 1.29 is 18.3 Å². The Hall–Kier alpha value is -1.65. The van der Waals surface area contributed by atoms with Crippen LogP contribution in [0.3, 0.4) is 0 Å². The Bertz CT molecular complexity index is 366. The maximum Gasteiger partial charge on any atom is 0.409 e. The van der Waals surface area contributed by atoms with Crippen molar-refractivity contribution in [3.8, 4) is 5.75 Å². The molecule has 0 atom stereocenters. The van der Waals surface area contributed by atoms with Gasteiger partial charge in [-0.1, -0.05) is 19.1 Å². The topological polar surface area (TPSA) is 52.3 Å². The molecule has 1 amide bonds. The van der Waals surface area contributed by atoms with Gasteiger partial charge in [0.2, 0.25) is 0 Å². The van der Waals surface area contributed by atoms with Crippen molar-refractivity contribution in [3.63, 3.8) is 0 Å². The molecule has 0 aliphatic rings. The fourth-order valence-electron chi connectivity index (χ4n) is 1.11. The Labute approximate surface area is 85.8 Å². The number of nitrogens with two attached hydrogens (primary N) is 1. The molecule has 0 aliphatic carbocycles. The largest absolute Gasteiger partial charge is 0.410 e. The molecule has 0 radical (unpaired) electrons. The lowest BCUT2D eigenvalue weighted by Gasteiger charge is -2.14. The van der Waals surface area contributed by atoms with E-state index in [0.717, 1.165) is 6.07 Å². The molecule has 15 heavy (non-hydrogen) atoms. The van der Waals surface area contributed by atoms with Crippen LogP contribution < -0.4 is 10.5 Å². The van der Waals surface area contributed by atoms with E-state index in [1.165, 1.54) is 25.1 Å². The minimum Gasteiger partial charge on any atom is -0.410 e. The molecule has 2 N–H and O–H groups in total. The van der Waals surface area contributed by atoms with Crippen LogP contribution in [0.1, 0.15) is 18.9 Å². The molecule has 0 saturated carbocycles. The van der Waals surface area contributed by atoms with Crippen LogP contribution in [0.5, 0.6) is 5.75 Å². The van der Waals surface area contributed by atoms with Crippen molar-refractivity contribution in [2.75, 3.05) is 0 Å². The fourth-order valence-corrected chi connectivity index (χ4v) is 1.11. The fraction of sp³-hybridized carbons (Fsp3) is 0.300. The van der Waals surface area contributed by atoms with Gasteiger partial charge in [0.25, 0.3) is 5.92 Å².